The highest BCUT2D eigenvalue weighted by Gasteiger charge is 2.15. The van der Waals surface area contributed by atoms with Crippen LogP contribution in [0.25, 0.3) is 11.4 Å². The van der Waals surface area contributed by atoms with Crippen LogP contribution in [0.2, 0.25) is 5.02 Å². The molecule has 7 heteroatoms. The third-order valence-electron chi connectivity index (χ3n) is 3.86. The van der Waals surface area contributed by atoms with E-state index in [0.717, 1.165) is 22.6 Å². The molecule has 1 heterocycles. The first-order valence-electron chi connectivity index (χ1n) is 8.37. The van der Waals surface area contributed by atoms with Gasteiger partial charge in [-0.2, -0.15) is 0 Å². The number of anilines is 1. The summed E-state index contributed by atoms with van der Waals surface area (Å²) in [5.74, 6) is 0.873. The highest BCUT2D eigenvalue weighted by Crippen LogP contribution is 2.25. The molecule has 0 saturated heterocycles. The second-order valence-corrected chi connectivity index (χ2v) is 7.25. The second-order valence-electron chi connectivity index (χ2n) is 5.87. The topological polar surface area (TPSA) is 59.8 Å². The number of aryl methyl sites for hydroxylation is 1. The van der Waals surface area contributed by atoms with Crippen molar-refractivity contribution in [3.8, 4) is 11.4 Å². The Balaban J connectivity index is 1.71. The number of nitrogens with zero attached hydrogens (tertiary/aromatic N) is 3. The first kappa shape index (κ1) is 19.2. The molecular weight excluding hydrogens is 380 g/mol. The predicted octanol–water partition coefficient (Wildman–Crippen LogP) is 4.82. The number of amides is 1. The lowest BCUT2D eigenvalue weighted by Gasteiger charge is -2.09. The summed E-state index contributed by atoms with van der Waals surface area (Å²) in [5.41, 5.74) is 2.64. The lowest BCUT2D eigenvalue weighted by Crippen LogP contribution is -2.15. The molecule has 1 amide bonds. The number of thioether (sulfide) groups is 1. The van der Waals surface area contributed by atoms with E-state index in [1.807, 2.05) is 47.9 Å². The molecule has 27 heavy (non-hydrogen) atoms. The molecule has 0 bridgehead atoms. The summed E-state index contributed by atoms with van der Waals surface area (Å²) in [6.07, 6.45) is 1.79. The maximum absolute atomic E-state index is 12.3. The fraction of sp³-hybridized carbons (Fsp3) is 0.150. The molecule has 0 saturated carbocycles. The molecule has 5 nitrogen and oxygen atoms in total. The summed E-state index contributed by atoms with van der Waals surface area (Å²) in [4.78, 5) is 12.3. The Bertz CT molecular complexity index is 956. The Labute approximate surface area is 167 Å². The first-order chi connectivity index (χ1) is 13.1. The molecule has 0 aliphatic carbocycles. The maximum Gasteiger partial charge on any atom is 0.234 e. The van der Waals surface area contributed by atoms with Gasteiger partial charge >= 0.3 is 0 Å². The molecule has 1 N–H and O–H groups in total. The molecule has 0 unspecified atom stereocenters. The fourth-order valence-electron chi connectivity index (χ4n) is 2.57. The van der Waals surface area contributed by atoms with Crippen molar-refractivity contribution in [3.05, 3.63) is 71.8 Å². The van der Waals surface area contributed by atoms with Crippen molar-refractivity contribution >= 4 is 35.0 Å². The number of hydrogen-bond donors (Lipinski definition) is 1. The van der Waals surface area contributed by atoms with Crippen LogP contribution in [-0.4, -0.2) is 26.4 Å². The van der Waals surface area contributed by atoms with Gasteiger partial charge in [0.2, 0.25) is 5.91 Å². The second kappa shape index (κ2) is 8.88. The molecular formula is C20H19ClN4OS. The highest BCUT2D eigenvalue weighted by molar-refractivity contribution is 7.99. The molecule has 1 aromatic heterocycles. The summed E-state index contributed by atoms with van der Waals surface area (Å²) in [6.45, 7) is 6.27. The monoisotopic (exact) mass is 398 g/mol. The van der Waals surface area contributed by atoms with Crippen LogP contribution in [0.3, 0.4) is 0 Å². The van der Waals surface area contributed by atoms with Crippen molar-refractivity contribution in [1.29, 1.82) is 0 Å². The van der Waals surface area contributed by atoms with Gasteiger partial charge in [-0.15, -0.1) is 16.8 Å². The van der Waals surface area contributed by atoms with E-state index in [-0.39, 0.29) is 11.7 Å². The van der Waals surface area contributed by atoms with E-state index in [2.05, 4.69) is 22.1 Å². The van der Waals surface area contributed by atoms with Gasteiger partial charge in [-0.05, 0) is 30.7 Å². The van der Waals surface area contributed by atoms with E-state index in [0.29, 0.717) is 16.7 Å². The van der Waals surface area contributed by atoms with Crippen molar-refractivity contribution in [2.75, 3.05) is 11.1 Å². The van der Waals surface area contributed by atoms with Gasteiger partial charge in [-0.25, -0.2) is 0 Å². The molecule has 0 radical (unpaired) electrons. The average molecular weight is 399 g/mol. The third-order valence-corrected chi connectivity index (χ3v) is 5.06. The number of rotatable bonds is 7. The molecule has 0 spiro atoms. The number of halogens is 1. The molecule has 0 aliphatic rings. The SMILES string of the molecule is C=CCn1c(SCC(=O)Nc2ccc(Cl)cc2C)nnc1-c1ccccc1. The molecule has 3 aromatic rings. The van der Waals surface area contributed by atoms with E-state index in [1.165, 1.54) is 11.8 Å². The molecule has 3 rings (SSSR count). The number of allylic oxidation sites excluding steroid dienone is 1. The van der Waals surface area contributed by atoms with Crippen LogP contribution in [0.1, 0.15) is 5.56 Å². The largest absolute Gasteiger partial charge is 0.325 e. The van der Waals surface area contributed by atoms with Gasteiger partial charge in [0.05, 0.1) is 5.75 Å². The minimum Gasteiger partial charge on any atom is -0.325 e. The minimum absolute atomic E-state index is 0.111. The van der Waals surface area contributed by atoms with Crippen LogP contribution in [-0.2, 0) is 11.3 Å². The van der Waals surface area contributed by atoms with Gasteiger partial charge in [-0.1, -0.05) is 59.8 Å². The Morgan fingerprint density at radius 2 is 2.04 bits per heavy atom. The Kier molecular flexibility index (Phi) is 6.32. The van der Waals surface area contributed by atoms with Gasteiger partial charge in [0.15, 0.2) is 11.0 Å². The molecule has 2 aromatic carbocycles. The van der Waals surface area contributed by atoms with Crippen LogP contribution in [0.5, 0.6) is 0 Å². The number of benzene rings is 2. The van der Waals surface area contributed by atoms with Crippen molar-refractivity contribution in [1.82, 2.24) is 14.8 Å². The van der Waals surface area contributed by atoms with E-state index in [9.17, 15) is 4.79 Å². The van der Waals surface area contributed by atoms with Gasteiger partial charge < -0.3 is 5.32 Å². The quantitative estimate of drug-likeness (QED) is 0.457. The predicted molar refractivity (Wildman–Crippen MR) is 111 cm³/mol. The first-order valence-corrected chi connectivity index (χ1v) is 9.73. The fourth-order valence-corrected chi connectivity index (χ4v) is 3.55. The summed E-state index contributed by atoms with van der Waals surface area (Å²) >= 11 is 7.29. The van der Waals surface area contributed by atoms with E-state index in [1.54, 1.807) is 18.2 Å². The Morgan fingerprint density at radius 3 is 2.74 bits per heavy atom. The zero-order chi connectivity index (χ0) is 19.2. The normalized spacial score (nSPS) is 10.6. The standard InChI is InChI=1S/C20H19ClN4OS/c1-3-11-25-19(15-7-5-4-6-8-15)23-24-20(25)27-13-18(26)22-17-10-9-16(21)12-14(17)2/h3-10,12H,1,11,13H2,2H3,(H,22,26). The lowest BCUT2D eigenvalue weighted by molar-refractivity contribution is -0.113. The summed E-state index contributed by atoms with van der Waals surface area (Å²) in [6, 6.07) is 15.2. The highest BCUT2D eigenvalue weighted by atomic mass is 35.5. The van der Waals surface area contributed by atoms with Crippen molar-refractivity contribution in [2.24, 2.45) is 0 Å². The van der Waals surface area contributed by atoms with Crippen molar-refractivity contribution in [2.45, 2.75) is 18.6 Å². The molecule has 0 fully saturated rings. The van der Waals surface area contributed by atoms with Crippen molar-refractivity contribution < 1.29 is 4.79 Å². The van der Waals surface area contributed by atoms with Crippen LogP contribution >= 0.6 is 23.4 Å². The third kappa shape index (κ3) is 4.78. The molecule has 0 aliphatic heterocycles. The average Bonchev–Trinajstić information content (AvgIpc) is 3.06. The van der Waals surface area contributed by atoms with Crippen LogP contribution in [0.4, 0.5) is 5.69 Å². The molecule has 138 valence electrons. The van der Waals surface area contributed by atoms with Crippen LogP contribution in [0, 0.1) is 6.92 Å². The minimum atomic E-state index is -0.111. The van der Waals surface area contributed by atoms with Crippen molar-refractivity contribution in [3.63, 3.8) is 0 Å². The maximum atomic E-state index is 12.3. The smallest absolute Gasteiger partial charge is 0.234 e. The van der Waals surface area contributed by atoms with Crippen LogP contribution in [0.15, 0.2) is 66.3 Å². The zero-order valence-corrected chi connectivity index (χ0v) is 16.4. The summed E-state index contributed by atoms with van der Waals surface area (Å²) < 4.78 is 1.95. The van der Waals surface area contributed by atoms with Gasteiger partial charge in [0.25, 0.3) is 0 Å². The summed E-state index contributed by atoms with van der Waals surface area (Å²) in [7, 11) is 0. The number of hydrogen-bond acceptors (Lipinski definition) is 4. The Hall–Kier alpha value is -2.57. The van der Waals surface area contributed by atoms with E-state index >= 15 is 0 Å². The number of nitrogens with one attached hydrogen (secondary N) is 1. The number of aromatic nitrogens is 3. The van der Waals surface area contributed by atoms with Gasteiger partial charge in [0, 0.05) is 22.8 Å². The number of carbonyl (C=O) groups excluding carboxylic acids is 1. The Morgan fingerprint density at radius 1 is 1.26 bits per heavy atom. The molecule has 0 atom stereocenters. The van der Waals surface area contributed by atoms with E-state index < -0.39 is 0 Å². The van der Waals surface area contributed by atoms with E-state index in [4.69, 9.17) is 11.6 Å². The van der Waals surface area contributed by atoms with Crippen LogP contribution < -0.4 is 5.32 Å². The van der Waals surface area contributed by atoms with Gasteiger partial charge in [0.1, 0.15) is 0 Å². The lowest BCUT2D eigenvalue weighted by atomic mass is 10.2. The van der Waals surface area contributed by atoms with Gasteiger partial charge in [-0.3, -0.25) is 9.36 Å². The zero-order valence-electron chi connectivity index (χ0n) is 14.9. The summed E-state index contributed by atoms with van der Waals surface area (Å²) in [5, 5.41) is 12.8. The number of carbonyl (C=O) groups is 1.